The Kier molecular flexibility index (Phi) is 15.2. The van der Waals surface area contributed by atoms with E-state index in [0.29, 0.717) is 25.0 Å². The van der Waals surface area contributed by atoms with Gasteiger partial charge in [0.25, 0.3) is 0 Å². The molecule has 0 aliphatic rings. The van der Waals surface area contributed by atoms with Gasteiger partial charge in [-0.2, -0.15) is 0 Å². The Labute approximate surface area is 194 Å². The lowest BCUT2D eigenvalue weighted by Crippen LogP contribution is -2.67. The molecule has 0 bridgehead atoms. The van der Waals surface area contributed by atoms with E-state index in [-0.39, 0.29) is 0 Å². The van der Waals surface area contributed by atoms with Gasteiger partial charge in [0.05, 0.1) is 0 Å². The van der Waals surface area contributed by atoms with Gasteiger partial charge >= 0.3 is 17.9 Å². The lowest BCUT2D eigenvalue weighted by atomic mass is 9.87. The zero-order valence-corrected chi connectivity index (χ0v) is 19.6. The molecule has 0 aliphatic heterocycles. The number of Topliss-reactive ketones (excluding diaryl/α,β-unsaturated/α-hetero) is 1. The van der Waals surface area contributed by atoms with E-state index in [1.807, 2.05) is 0 Å². The molecule has 10 nitrogen and oxygen atoms in total. The van der Waals surface area contributed by atoms with Gasteiger partial charge in [0.2, 0.25) is 5.54 Å². The van der Waals surface area contributed by atoms with Gasteiger partial charge in [0.15, 0.2) is 0 Å². The molecule has 0 radical (unpaired) electrons. The van der Waals surface area contributed by atoms with E-state index >= 15 is 0 Å². The molecule has 0 spiro atoms. The maximum atomic E-state index is 11.8. The van der Waals surface area contributed by atoms with Crippen LogP contribution < -0.4 is 5.73 Å². The van der Waals surface area contributed by atoms with Gasteiger partial charge < -0.3 is 30.9 Å². The molecule has 6 N–H and O–H groups in total. The van der Waals surface area contributed by atoms with Crippen molar-refractivity contribution in [3.8, 4) is 0 Å². The van der Waals surface area contributed by atoms with Gasteiger partial charge in [-0.3, -0.25) is 9.59 Å². The van der Waals surface area contributed by atoms with Crippen LogP contribution in [-0.4, -0.2) is 68.0 Å². The fourth-order valence-corrected chi connectivity index (χ4v) is 3.25. The van der Waals surface area contributed by atoms with Crippen LogP contribution >= 0.6 is 0 Å². The van der Waals surface area contributed by atoms with Crippen molar-refractivity contribution in [1.29, 1.82) is 0 Å². The van der Waals surface area contributed by atoms with Gasteiger partial charge in [-0.25, -0.2) is 9.59 Å². The van der Waals surface area contributed by atoms with Gasteiger partial charge in [-0.05, 0) is 31.8 Å². The third-order valence-electron chi connectivity index (χ3n) is 5.35. The van der Waals surface area contributed by atoms with Gasteiger partial charge in [0.1, 0.15) is 24.1 Å². The monoisotopic (exact) mass is 473 g/mol. The highest BCUT2D eigenvalue weighted by molar-refractivity contribution is 6.03. The maximum Gasteiger partial charge on any atom is 0.338 e. The van der Waals surface area contributed by atoms with Crippen LogP contribution in [-0.2, 0) is 23.9 Å². The second-order valence-electron chi connectivity index (χ2n) is 8.22. The molecule has 0 aromatic rings. The number of unbranched alkanes of at least 4 members (excludes halogenated alkanes) is 7. The highest BCUT2D eigenvalue weighted by atomic mass is 16.6. The summed E-state index contributed by atoms with van der Waals surface area (Å²) in [7, 11) is 0. The predicted molar refractivity (Wildman–Crippen MR) is 120 cm³/mol. The topological polar surface area (TPSA) is 184 Å². The minimum Gasteiger partial charge on any atom is -0.479 e. The molecular weight excluding hydrogens is 434 g/mol. The van der Waals surface area contributed by atoms with Crippen LogP contribution in [0.25, 0.3) is 0 Å². The number of esters is 1. The molecule has 3 unspecified atom stereocenters. The second-order valence-corrected chi connectivity index (χ2v) is 8.22. The molecule has 0 rings (SSSR count). The van der Waals surface area contributed by atoms with Crippen LogP contribution in [0, 0.1) is 0 Å². The van der Waals surface area contributed by atoms with Crippen molar-refractivity contribution in [1.82, 2.24) is 0 Å². The second kappa shape index (κ2) is 16.3. The standard InChI is InChI=1S/C23H39NO9/c1-3-4-5-10-13-17(26)14-11-8-6-7-9-12-15-18(33-16(2)25)19(27)20(28)23(24,21(29)30)22(31)32/h12,15,18-20,27-28H,3-11,13-14,24H2,1-2H3,(H,29,30)(H,31,32)/b15-12+. The van der Waals surface area contributed by atoms with Crippen LogP contribution in [0.15, 0.2) is 12.2 Å². The third-order valence-corrected chi connectivity index (χ3v) is 5.35. The molecule has 3 atom stereocenters. The van der Waals surface area contributed by atoms with Crippen LogP contribution in [0.4, 0.5) is 0 Å². The van der Waals surface area contributed by atoms with E-state index in [2.05, 4.69) is 6.92 Å². The number of carboxylic acid groups (broad SMARTS) is 2. The number of carbonyl (C=O) groups excluding carboxylic acids is 2. The van der Waals surface area contributed by atoms with E-state index in [0.717, 1.165) is 58.3 Å². The van der Waals surface area contributed by atoms with Crippen LogP contribution in [0.5, 0.6) is 0 Å². The number of aliphatic carboxylic acids is 2. The van der Waals surface area contributed by atoms with Crippen molar-refractivity contribution in [2.24, 2.45) is 5.73 Å². The Morgan fingerprint density at radius 1 is 0.909 bits per heavy atom. The summed E-state index contributed by atoms with van der Waals surface area (Å²) < 4.78 is 4.89. The predicted octanol–water partition coefficient (Wildman–Crippen LogP) is 1.94. The SMILES string of the molecule is CCCCCCC(=O)CCCCCC/C=C/C(OC(C)=O)C(O)C(O)C(N)(C(=O)O)C(=O)O. The molecule has 0 saturated heterocycles. The number of aliphatic hydroxyl groups is 2. The number of aliphatic hydroxyl groups excluding tert-OH is 2. The van der Waals surface area contributed by atoms with Crippen molar-refractivity contribution in [2.75, 3.05) is 0 Å². The summed E-state index contributed by atoms with van der Waals surface area (Å²) in [4.78, 5) is 45.6. The largest absolute Gasteiger partial charge is 0.479 e. The molecule has 0 fully saturated rings. The first-order valence-corrected chi connectivity index (χ1v) is 11.5. The summed E-state index contributed by atoms with van der Waals surface area (Å²) in [6.07, 6.45) is 6.27. The molecular formula is C23H39NO9. The van der Waals surface area contributed by atoms with Crippen LogP contribution in [0.1, 0.15) is 84.5 Å². The van der Waals surface area contributed by atoms with E-state index < -0.39 is 41.8 Å². The molecule has 0 amide bonds. The summed E-state index contributed by atoms with van der Waals surface area (Å²) >= 11 is 0. The minimum absolute atomic E-state index is 0.293. The Morgan fingerprint density at radius 3 is 1.91 bits per heavy atom. The number of allylic oxidation sites excluding steroid dienone is 1. The van der Waals surface area contributed by atoms with E-state index in [9.17, 15) is 29.4 Å². The van der Waals surface area contributed by atoms with E-state index in [4.69, 9.17) is 20.7 Å². The number of carbonyl (C=O) groups is 4. The van der Waals surface area contributed by atoms with E-state index in [1.165, 1.54) is 6.08 Å². The summed E-state index contributed by atoms with van der Waals surface area (Å²) in [5.74, 6) is -4.62. The molecule has 190 valence electrons. The first-order valence-electron chi connectivity index (χ1n) is 11.5. The van der Waals surface area contributed by atoms with Gasteiger partial charge in [-0.1, -0.05) is 45.1 Å². The number of rotatable bonds is 19. The lowest BCUT2D eigenvalue weighted by Gasteiger charge is -2.31. The number of hydrogen-bond acceptors (Lipinski definition) is 8. The smallest absolute Gasteiger partial charge is 0.338 e. The first-order chi connectivity index (χ1) is 15.5. The lowest BCUT2D eigenvalue weighted by molar-refractivity contribution is -0.173. The van der Waals surface area contributed by atoms with Crippen molar-refractivity contribution >= 4 is 23.7 Å². The average molecular weight is 474 g/mol. The normalized spacial score (nSPS) is 14.6. The summed E-state index contributed by atoms with van der Waals surface area (Å²) in [5, 5.41) is 38.5. The molecule has 0 saturated carbocycles. The summed E-state index contributed by atoms with van der Waals surface area (Å²) in [6.45, 7) is 3.18. The number of ketones is 1. The highest BCUT2D eigenvalue weighted by Crippen LogP contribution is 2.18. The molecule has 0 aliphatic carbocycles. The van der Waals surface area contributed by atoms with Crippen molar-refractivity contribution < 1.29 is 44.3 Å². The van der Waals surface area contributed by atoms with Crippen molar-refractivity contribution in [3.63, 3.8) is 0 Å². The van der Waals surface area contributed by atoms with Gasteiger partial charge in [0, 0.05) is 19.8 Å². The Morgan fingerprint density at radius 2 is 1.42 bits per heavy atom. The Hall–Kier alpha value is -2.30. The van der Waals surface area contributed by atoms with Crippen LogP contribution in [0.3, 0.4) is 0 Å². The quantitative estimate of drug-likeness (QED) is 0.0803. The zero-order chi connectivity index (χ0) is 25.4. The van der Waals surface area contributed by atoms with E-state index in [1.54, 1.807) is 6.08 Å². The molecule has 33 heavy (non-hydrogen) atoms. The number of hydrogen-bond donors (Lipinski definition) is 5. The zero-order valence-electron chi connectivity index (χ0n) is 19.6. The Balaban J connectivity index is 4.56. The van der Waals surface area contributed by atoms with Crippen LogP contribution in [0.2, 0.25) is 0 Å². The molecule has 0 heterocycles. The fraction of sp³-hybridized carbons (Fsp3) is 0.739. The average Bonchev–Trinajstić information content (AvgIpc) is 2.75. The Bertz CT molecular complexity index is 648. The van der Waals surface area contributed by atoms with Crippen molar-refractivity contribution in [3.05, 3.63) is 12.2 Å². The number of nitrogens with two attached hydrogens (primary N) is 1. The fourth-order valence-electron chi connectivity index (χ4n) is 3.25. The number of ether oxygens (including phenoxy) is 1. The molecule has 10 heteroatoms. The molecule has 0 aromatic carbocycles. The molecule has 0 aromatic heterocycles. The number of carboxylic acids is 2. The summed E-state index contributed by atoms with van der Waals surface area (Å²) in [5.41, 5.74) is 2.10. The van der Waals surface area contributed by atoms with Crippen molar-refractivity contribution in [2.45, 2.75) is 108 Å². The summed E-state index contributed by atoms with van der Waals surface area (Å²) in [6, 6.07) is 0. The minimum atomic E-state index is -3.18. The van der Waals surface area contributed by atoms with Gasteiger partial charge in [-0.15, -0.1) is 0 Å². The first kappa shape index (κ1) is 30.7. The maximum absolute atomic E-state index is 11.8. The highest BCUT2D eigenvalue weighted by Gasteiger charge is 2.54. The third kappa shape index (κ3) is 11.4.